The van der Waals surface area contributed by atoms with Crippen LogP contribution in [0, 0.1) is 5.92 Å². The summed E-state index contributed by atoms with van der Waals surface area (Å²) in [6.07, 6.45) is -0.349. The summed E-state index contributed by atoms with van der Waals surface area (Å²) in [7, 11) is 3.48. The second-order valence-electron chi connectivity index (χ2n) is 8.64. The van der Waals surface area contributed by atoms with E-state index in [4.69, 9.17) is 4.74 Å². The summed E-state index contributed by atoms with van der Waals surface area (Å²) in [6.45, 7) is 3.12. The lowest BCUT2D eigenvalue weighted by Crippen LogP contribution is -2.43. The van der Waals surface area contributed by atoms with E-state index in [2.05, 4.69) is 17.0 Å². The molecule has 7 nitrogen and oxygen atoms in total. The van der Waals surface area contributed by atoms with Crippen LogP contribution >= 0.6 is 0 Å². The molecule has 1 aromatic carbocycles. The Labute approximate surface area is 189 Å². The van der Waals surface area contributed by atoms with E-state index in [9.17, 15) is 13.6 Å². The van der Waals surface area contributed by atoms with Crippen LogP contribution in [0.15, 0.2) is 42.6 Å². The van der Waals surface area contributed by atoms with E-state index in [0.717, 1.165) is 23.1 Å². The Hall–Kier alpha value is -3.49. The van der Waals surface area contributed by atoms with E-state index < -0.39 is 6.43 Å². The lowest BCUT2D eigenvalue weighted by molar-refractivity contribution is 0.0656. The predicted molar refractivity (Wildman–Crippen MR) is 120 cm³/mol. The summed E-state index contributed by atoms with van der Waals surface area (Å²) in [6, 6.07) is 10.6. The van der Waals surface area contributed by atoms with Crippen molar-refractivity contribution >= 4 is 22.5 Å². The Morgan fingerprint density at radius 3 is 2.79 bits per heavy atom. The molecule has 1 aliphatic rings. The zero-order valence-electron chi connectivity index (χ0n) is 18.7. The van der Waals surface area contributed by atoms with Gasteiger partial charge in [-0.25, -0.2) is 18.3 Å². The minimum absolute atomic E-state index is 0.0792. The van der Waals surface area contributed by atoms with Crippen molar-refractivity contribution in [2.24, 2.45) is 13.0 Å². The Balaban J connectivity index is 1.49. The van der Waals surface area contributed by atoms with Gasteiger partial charge in [-0.3, -0.25) is 4.79 Å². The molecule has 0 bridgehead atoms. The third-order valence-corrected chi connectivity index (χ3v) is 6.72. The van der Waals surface area contributed by atoms with Crippen molar-refractivity contribution in [2.75, 3.05) is 20.2 Å². The second-order valence-corrected chi connectivity index (χ2v) is 8.64. The van der Waals surface area contributed by atoms with E-state index in [0.29, 0.717) is 30.1 Å². The Kier molecular flexibility index (Phi) is 5.26. The van der Waals surface area contributed by atoms with Gasteiger partial charge in [-0.05, 0) is 42.7 Å². The lowest BCUT2D eigenvalue weighted by Gasteiger charge is -2.37. The number of rotatable bonds is 4. The standard InChI is InChI=1S/C24H25F2N5O2/c1-14-7-9-30(24(32)21-11-15-10-16(33-3)4-5-19(15)29(21)2)13-17(14)20-12-18(23(25)26)28-22-6-8-27-31(20)22/h4-6,8,10-12,14,17,23H,7,9,13H2,1-3H3/t14?,17-/m1/s1. The van der Waals surface area contributed by atoms with Gasteiger partial charge in [-0.15, -0.1) is 0 Å². The van der Waals surface area contributed by atoms with Crippen LogP contribution in [0.1, 0.15) is 47.6 Å². The topological polar surface area (TPSA) is 64.7 Å². The van der Waals surface area contributed by atoms with Gasteiger partial charge in [-0.1, -0.05) is 6.92 Å². The smallest absolute Gasteiger partial charge is 0.280 e. The molecule has 1 fully saturated rings. The normalized spacial score (nSPS) is 19.0. The summed E-state index contributed by atoms with van der Waals surface area (Å²) in [5, 5.41) is 5.23. The minimum atomic E-state index is -2.67. The molecule has 0 N–H and O–H groups in total. The number of halogens is 2. The first-order valence-electron chi connectivity index (χ1n) is 10.9. The number of likely N-dealkylation sites (tertiary alicyclic amines) is 1. The number of fused-ring (bicyclic) bond motifs is 2. The molecule has 1 amide bonds. The number of ether oxygens (including phenoxy) is 1. The number of alkyl halides is 2. The van der Waals surface area contributed by atoms with Gasteiger partial charge < -0.3 is 14.2 Å². The number of carbonyl (C=O) groups excluding carboxylic acids is 1. The van der Waals surface area contributed by atoms with Crippen molar-refractivity contribution in [3.8, 4) is 5.75 Å². The number of methoxy groups -OCH3 is 1. The zero-order valence-corrected chi connectivity index (χ0v) is 18.7. The fourth-order valence-corrected chi connectivity index (χ4v) is 4.79. The number of benzene rings is 1. The summed E-state index contributed by atoms with van der Waals surface area (Å²) in [4.78, 5) is 19.4. The number of hydrogen-bond acceptors (Lipinski definition) is 4. The van der Waals surface area contributed by atoms with Crippen LogP contribution in [0.2, 0.25) is 0 Å². The molecule has 33 heavy (non-hydrogen) atoms. The summed E-state index contributed by atoms with van der Waals surface area (Å²) in [5.41, 5.74) is 2.30. The lowest BCUT2D eigenvalue weighted by atomic mass is 9.84. The van der Waals surface area contributed by atoms with Crippen LogP contribution in [0.5, 0.6) is 5.75 Å². The highest BCUT2D eigenvalue weighted by atomic mass is 19.3. The van der Waals surface area contributed by atoms with Crippen LogP contribution < -0.4 is 4.74 Å². The number of carbonyl (C=O) groups is 1. The van der Waals surface area contributed by atoms with Crippen LogP contribution in [0.25, 0.3) is 16.6 Å². The molecule has 172 valence electrons. The molecule has 1 saturated heterocycles. The largest absolute Gasteiger partial charge is 0.497 e. The van der Waals surface area contributed by atoms with Crippen LogP contribution in [-0.4, -0.2) is 50.2 Å². The minimum Gasteiger partial charge on any atom is -0.497 e. The van der Waals surface area contributed by atoms with Crippen molar-refractivity contribution in [2.45, 2.75) is 25.7 Å². The van der Waals surface area contributed by atoms with E-state index in [1.165, 1.54) is 6.07 Å². The first kappa shape index (κ1) is 21.4. The number of hydrogen-bond donors (Lipinski definition) is 0. The van der Waals surface area contributed by atoms with Gasteiger partial charge in [0.05, 0.1) is 19.0 Å². The molecule has 9 heteroatoms. The van der Waals surface area contributed by atoms with Crippen LogP contribution in [0.3, 0.4) is 0 Å². The highest BCUT2D eigenvalue weighted by Crippen LogP contribution is 2.35. The average molecular weight is 453 g/mol. The van der Waals surface area contributed by atoms with E-state index in [1.807, 2.05) is 40.8 Å². The van der Waals surface area contributed by atoms with E-state index in [1.54, 1.807) is 23.9 Å². The third kappa shape index (κ3) is 3.61. The molecule has 0 spiro atoms. The quantitative estimate of drug-likeness (QED) is 0.459. The number of amides is 1. The molecule has 1 aliphatic heterocycles. The number of aromatic nitrogens is 4. The molecule has 3 aromatic heterocycles. The van der Waals surface area contributed by atoms with Crippen molar-refractivity contribution in [1.82, 2.24) is 24.1 Å². The maximum absolute atomic E-state index is 13.5. The van der Waals surface area contributed by atoms with Crippen LogP contribution in [0.4, 0.5) is 8.78 Å². The molecule has 2 atom stereocenters. The maximum atomic E-state index is 13.5. The summed E-state index contributed by atoms with van der Waals surface area (Å²) in [5.74, 6) is 0.714. The molecule has 5 rings (SSSR count). The number of piperidine rings is 1. The summed E-state index contributed by atoms with van der Waals surface area (Å²) < 4.78 is 35.8. The fraction of sp³-hybridized carbons (Fsp3) is 0.375. The molecule has 0 radical (unpaired) electrons. The van der Waals surface area contributed by atoms with Crippen molar-refractivity contribution in [3.05, 3.63) is 59.7 Å². The predicted octanol–water partition coefficient (Wildman–Crippen LogP) is 4.43. The molecule has 0 aliphatic carbocycles. The second kappa shape index (κ2) is 8.13. The first-order valence-corrected chi connectivity index (χ1v) is 10.9. The molecule has 4 heterocycles. The number of aryl methyl sites for hydroxylation is 1. The zero-order chi connectivity index (χ0) is 23.3. The molecule has 0 saturated carbocycles. The third-order valence-electron chi connectivity index (χ3n) is 6.72. The SMILES string of the molecule is COc1ccc2c(c1)cc(C(=O)N1CCC(C)[C@H](c3cc(C(F)F)nc4ccnn34)C1)n2C. The van der Waals surface area contributed by atoms with E-state index >= 15 is 0 Å². The van der Waals surface area contributed by atoms with Gasteiger partial charge in [0, 0.05) is 43.0 Å². The van der Waals surface area contributed by atoms with Gasteiger partial charge in [0.1, 0.15) is 17.1 Å². The van der Waals surface area contributed by atoms with Gasteiger partial charge >= 0.3 is 0 Å². The van der Waals surface area contributed by atoms with Crippen molar-refractivity contribution in [1.29, 1.82) is 0 Å². The first-order chi connectivity index (χ1) is 15.9. The van der Waals surface area contributed by atoms with Gasteiger partial charge in [0.25, 0.3) is 12.3 Å². The Bertz CT molecular complexity index is 1350. The number of nitrogens with zero attached hydrogens (tertiary/aromatic N) is 5. The fourth-order valence-electron chi connectivity index (χ4n) is 4.79. The van der Waals surface area contributed by atoms with Crippen molar-refractivity contribution in [3.63, 3.8) is 0 Å². The summed E-state index contributed by atoms with van der Waals surface area (Å²) >= 11 is 0. The average Bonchev–Trinajstić information content (AvgIpc) is 3.42. The van der Waals surface area contributed by atoms with Crippen LogP contribution in [-0.2, 0) is 7.05 Å². The van der Waals surface area contributed by atoms with Crippen molar-refractivity contribution < 1.29 is 18.3 Å². The molecular weight excluding hydrogens is 428 g/mol. The highest BCUT2D eigenvalue weighted by molar-refractivity contribution is 5.99. The highest BCUT2D eigenvalue weighted by Gasteiger charge is 2.34. The van der Waals surface area contributed by atoms with Gasteiger partial charge in [0.15, 0.2) is 5.65 Å². The molecule has 1 unspecified atom stereocenters. The van der Waals surface area contributed by atoms with Gasteiger partial charge in [0.2, 0.25) is 0 Å². The van der Waals surface area contributed by atoms with Gasteiger partial charge in [-0.2, -0.15) is 5.10 Å². The molecular formula is C24H25F2N5O2. The van der Waals surface area contributed by atoms with E-state index in [-0.39, 0.29) is 23.4 Å². The monoisotopic (exact) mass is 453 g/mol. The molecule has 4 aromatic rings. The Morgan fingerprint density at radius 2 is 2.03 bits per heavy atom. The maximum Gasteiger partial charge on any atom is 0.280 e. The Morgan fingerprint density at radius 1 is 1.21 bits per heavy atom.